The van der Waals surface area contributed by atoms with E-state index in [4.69, 9.17) is 5.14 Å². The van der Waals surface area contributed by atoms with Gasteiger partial charge in [-0.15, -0.1) is 0 Å². The van der Waals surface area contributed by atoms with Crippen LogP contribution in [0.2, 0.25) is 0 Å². The third kappa shape index (κ3) is 4.64. The van der Waals surface area contributed by atoms with Crippen LogP contribution in [0.1, 0.15) is 10.4 Å². The SMILES string of the molecule is CN(CC(F)(F)F)C(=O)c1cc(F)cc(S(N)(=O)=O)c1Br. The van der Waals surface area contributed by atoms with Gasteiger partial charge in [0.25, 0.3) is 5.91 Å². The van der Waals surface area contributed by atoms with Crippen molar-refractivity contribution >= 4 is 31.9 Å². The Kier molecular flexibility index (Phi) is 5.01. The topological polar surface area (TPSA) is 80.5 Å². The van der Waals surface area contributed by atoms with Gasteiger partial charge in [-0.1, -0.05) is 0 Å². The van der Waals surface area contributed by atoms with Crippen LogP contribution in [0.3, 0.4) is 0 Å². The molecule has 1 rings (SSSR count). The van der Waals surface area contributed by atoms with Crippen molar-refractivity contribution in [2.45, 2.75) is 11.1 Å². The highest BCUT2D eigenvalue weighted by Crippen LogP contribution is 2.28. The Morgan fingerprint density at radius 3 is 2.33 bits per heavy atom. The molecular formula is C10H9BrF4N2O3S. The Balaban J connectivity index is 3.32. The van der Waals surface area contributed by atoms with Crippen LogP contribution in [0.5, 0.6) is 0 Å². The molecule has 0 bridgehead atoms. The van der Waals surface area contributed by atoms with Crippen molar-refractivity contribution in [3.8, 4) is 0 Å². The first kappa shape index (κ1) is 17.9. The molecule has 0 saturated heterocycles. The molecule has 1 amide bonds. The van der Waals surface area contributed by atoms with E-state index in [0.717, 1.165) is 7.05 Å². The highest BCUT2D eigenvalue weighted by Gasteiger charge is 2.32. The summed E-state index contributed by atoms with van der Waals surface area (Å²) in [6.07, 6.45) is -4.65. The van der Waals surface area contributed by atoms with E-state index in [1.165, 1.54) is 0 Å². The quantitative estimate of drug-likeness (QED) is 0.797. The minimum absolute atomic E-state index is 0.284. The van der Waals surface area contributed by atoms with Gasteiger partial charge in [0.1, 0.15) is 12.4 Å². The molecule has 11 heteroatoms. The predicted molar refractivity (Wildman–Crippen MR) is 68.5 cm³/mol. The Morgan fingerprint density at radius 2 is 1.90 bits per heavy atom. The largest absolute Gasteiger partial charge is 0.406 e. The molecule has 0 unspecified atom stereocenters. The van der Waals surface area contributed by atoms with E-state index in [9.17, 15) is 30.8 Å². The van der Waals surface area contributed by atoms with Gasteiger partial charge in [0.15, 0.2) is 0 Å². The summed E-state index contributed by atoms with van der Waals surface area (Å²) in [6.45, 7) is -1.57. The Bertz CT molecular complexity index is 676. The number of rotatable bonds is 3. The van der Waals surface area contributed by atoms with Gasteiger partial charge in [0, 0.05) is 7.05 Å². The van der Waals surface area contributed by atoms with E-state index in [1.807, 2.05) is 0 Å². The summed E-state index contributed by atoms with van der Waals surface area (Å²) in [5, 5.41) is 4.84. The molecule has 0 saturated carbocycles. The number of primary sulfonamides is 1. The highest BCUT2D eigenvalue weighted by atomic mass is 79.9. The fraction of sp³-hybridized carbons (Fsp3) is 0.300. The van der Waals surface area contributed by atoms with Gasteiger partial charge in [-0.05, 0) is 28.1 Å². The Hall–Kier alpha value is -1.20. The molecule has 0 aliphatic rings. The zero-order chi connectivity index (χ0) is 16.6. The highest BCUT2D eigenvalue weighted by molar-refractivity contribution is 9.10. The van der Waals surface area contributed by atoms with Crippen molar-refractivity contribution in [2.24, 2.45) is 5.14 Å². The summed E-state index contributed by atoms with van der Waals surface area (Å²) in [6, 6.07) is 1.17. The zero-order valence-electron chi connectivity index (χ0n) is 10.4. The third-order valence-corrected chi connectivity index (χ3v) is 4.36. The summed E-state index contributed by atoms with van der Waals surface area (Å²) in [7, 11) is -3.50. The molecule has 21 heavy (non-hydrogen) atoms. The molecule has 5 nitrogen and oxygen atoms in total. The van der Waals surface area contributed by atoms with Crippen LogP contribution in [0.25, 0.3) is 0 Å². The first-order chi connectivity index (χ1) is 9.33. The summed E-state index contributed by atoms with van der Waals surface area (Å²) in [4.78, 5) is 11.4. The lowest BCUT2D eigenvalue weighted by Crippen LogP contribution is -2.36. The van der Waals surface area contributed by atoms with Crippen molar-refractivity contribution in [3.63, 3.8) is 0 Å². The molecule has 0 aliphatic carbocycles. The first-order valence-corrected chi connectivity index (χ1v) is 7.51. The van der Waals surface area contributed by atoms with Crippen LogP contribution in [0, 0.1) is 5.82 Å². The van der Waals surface area contributed by atoms with Gasteiger partial charge < -0.3 is 4.90 Å². The van der Waals surface area contributed by atoms with Crippen molar-refractivity contribution < 1.29 is 30.8 Å². The normalized spacial score (nSPS) is 12.3. The number of nitrogens with zero attached hydrogens (tertiary/aromatic N) is 1. The standard InChI is InChI=1S/C10H9BrF4N2O3S/c1-17(4-10(13,14)15)9(18)6-2-5(12)3-7(8(6)11)21(16,19)20/h2-3H,4H2,1H3,(H2,16,19,20). The summed E-state index contributed by atoms with van der Waals surface area (Å²) >= 11 is 2.75. The number of amides is 1. The second kappa shape index (κ2) is 5.89. The molecule has 0 spiro atoms. The second-order valence-corrected chi connectivity index (χ2v) is 6.41. The molecule has 1 aromatic carbocycles. The lowest BCUT2D eigenvalue weighted by molar-refractivity contribution is -0.138. The molecule has 0 heterocycles. The van der Waals surface area contributed by atoms with Crippen LogP contribution in [-0.2, 0) is 10.0 Å². The average molecular weight is 393 g/mol. The van der Waals surface area contributed by atoms with Gasteiger partial charge in [-0.3, -0.25) is 4.79 Å². The van der Waals surface area contributed by atoms with Crippen LogP contribution in [0.4, 0.5) is 17.6 Å². The number of hydrogen-bond donors (Lipinski definition) is 1. The van der Waals surface area contributed by atoms with E-state index in [0.29, 0.717) is 12.1 Å². The van der Waals surface area contributed by atoms with E-state index < -0.39 is 49.4 Å². The smallest absolute Gasteiger partial charge is 0.333 e. The monoisotopic (exact) mass is 392 g/mol. The molecule has 0 fully saturated rings. The molecule has 0 radical (unpaired) electrons. The Labute approximate surface area is 125 Å². The van der Waals surface area contributed by atoms with E-state index in [-0.39, 0.29) is 4.90 Å². The maximum atomic E-state index is 13.4. The zero-order valence-corrected chi connectivity index (χ0v) is 12.8. The number of halogens is 5. The van der Waals surface area contributed by atoms with E-state index in [1.54, 1.807) is 0 Å². The summed E-state index contributed by atoms with van der Waals surface area (Å²) < 4.78 is 72.2. The van der Waals surface area contributed by atoms with Crippen molar-refractivity contribution in [1.82, 2.24) is 4.90 Å². The molecular weight excluding hydrogens is 384 g/mol. The number of alkyl halides is 3. The number of nitrogens with two attached hydrogens (primary N) is 1. The first-order valence-electron chi connectivity index (χ1n) is 5.17. The van der Waals surface area contributed by atoms with E-state index >= 15 is 0 Å². The maximum Gasteiger partial charge on any atom is 0.406 e. The number of carbonyl (C=O) groups is 1. The molecule has 2 N–H and O–H groups in total. The molecule has 0 aromatic heterocycles. The molecule has 0 aliphatic heterocycles. The second-order valence-electron chi connectivity index (χ2n) is 4.09. The average Bonchev–Trinajstić information content (AvgIpc) is 2.27. The maximum absolute atomic E-state index is 13.4. The van der Waals surface area contributed by atoms with Crippen LogP contribution in [0.15, 0.2) is 21.5 Å². The lowest BCUT2D eigenvalue weighted by Gasteiger charge is -2.20. The van der Waals surface area contributed by atoms with Gasteiger partial charge in [-0.2, -0.15) is 13.2 Å². The summed E-state index contributed by atoms with van der Waals surface area (Å²) in [5.74, 6) is -2.32. The van der Waals surface area contributed by atoms with Crippen molar-refractivity contribution in [1.29, 1.82) is 0 Å². The fourth-order valence-electron chi connectivity index (χ4n) is 1.47. The van der Waals surface area contributed by atoms with Crippen LogP contribution >= 0.6 is 15.9 Å². The van der Waals surface area contributed by atoms with Crippen molar-refractivity contribution in [3.05, 3.63) is 28.0 Å². The minimum atomic E-state index is -4.65. The number of hydrogen-bond acceptors (Lipinski definition) is 3. The third-order valence-electron chi connectivity index (χ3n) is 2.30. The molecule has 0 atom stereocenters. The van der Waals surface area contributed by atoms with E-state index in [2.05, 4.69) is 15.9 Å². The van der Waals surface area contributed by atoms with Crippen LogP contribution in [-0.4, -0.2) is 39.0 Å². The van der Waals surface area contributed by atoms with Crippen molar-refractivity contribution in [2.75, 3.05) is 13.6 Å². The van der Waals surface area contributed by atoms with Gasteiger partial charge in [-0.25, -0.2) is 17.9 Å². The van der Waals surface area contributed by atoms with Gasteiger partial charge in [0.2, 0.25) is 10.0 Å². The van der Waals surface area contributed by atoms with Crippen LogP contribution < -0.4 is 5.14 Å². The minimum Gasteiger partial charge on any atom is -0.333 e. The number of carbonyl (C=O) groups excluding carboxylic acids is 1. The molecule has 1 aromatic rings. The Morgan fingerprint density at radius 1 is 1.38 bits per heavy atom. The number of sulfonamides is 1. The lowest BCUT2D eigenvalue weighted by atomic mass is 10.2. The number of benzene rings is 1. The fourth-order valence-corrected chi connectivity index (χ4v) is 3.19. The van der Waals surface area contributed by atoms with Gasteiger partial charge in [0.05, 0.1) is 14.9 Å². The van der Waals surface area contributed by atoms with Gasteiger partial charge >= 0.3 is 6.18 Å². The predicted octanol–water partition coefficient (Wildman–Crippen LogP) is 1.87. The summed E-state index contributed by atoms with van der Waals surface area (Å²) in [5.41, 5.74) is -0.578. The molecule has 118 valence electrons.